The molecule has 0 aliphatic heterocycles. The van der Waals surface area contributed by atoms with Crippen LogP contribution in [-0.2, 0) is 9.53 Å². The predicted octanol–water partition coefficient (Wildman–Crippen LogP) is 2.81. The van der Waals surface area contributed by atoms with Crippen molar-refractivity contribution in [1.29, 1.82) is 5.26 Å². The van der Waals surface area contributed by atoms with Gasteiger partial charge in [0.25, 0.3) is 0 Å². The smallest absolute Gasteiger partial charge is 0.303 e. The number of esters is 1. The van der Waals surface area contributed by atoms with Gasteiger partial charge in [0.15, 0.2) is 0 Å². The molecule has 1 aromatic carbocycles. The second-order valence-corrected chi connectivity index (χ2v) is 4.22. The number of aryl methyl sites for hydroxylation is 1. The van der Waals surface area contributed by atoms with E-state index in [1.807, 2.05) is 36.6 Å². The fourth-order valence-electron chi connectivity index (χ4n) is 1.29. The van der Waals surface area contributed by atoms with E-state index in [9.17, 15) is 4.79 Å². The number of hydrogen-bond donors (Lipinski definition) is 0. The van der Waals surface area contributed by atoms with Crippen LogP contribution in [0.5, 0.6) is 0 Å². The fraction of sp³-hybridized carbons (Fsp3) is 0.333. The molecular formula is C12H13NO2S. The van der Waals surface area contributed by atoms with Gasteiger partial charge in [-0.1, -0.05) is 29.8 Å². The lowest BCUT2D eigenvalue weighted by Gasteiger charge is -2.15. The van der Waals surface area contributed by atoms with E-state index in [-0.39, 0.29) is 12.1 Å². The summed E-state index contributed by atoms with van der Waals surface area (Å²) in [5.74, 6) is 0.128. The predicted molar refractivity (Wildman–Crippen MR) is 63.8 cm³/mol. The van der Waals surface area contributed by atoms with Crippen LogP contribution in [0.1, 0.15) is 24.2 Å². The topological polar surface area (TPSA) is 50.1 Å². The first-order chi connectivity index (χ1) is 7.63. The van der Waals surface area contributed by atoms with Crippen LogP contribution in [0, 0.1) is 17.6 Å². The van der Waals surface area contributed by atoms with Gasteiger partial charge in [0, 0.05) is 12.7 Å². The van der Waals surface area contributed by atoms with Crippen molar-refractivity contribution in [1.82, 2.24) is 0 Å². The maximum absolute atomic E-state index is 10.9. The van der Waals surface area contributed by atoms with Gasteiger partial charge in [-0.25, -0.2) is 0 Å². The van der Waals surface area contributed by atoms with Gasteiger partial charge in [-0.15, -0.1) is 0 Å². The molecule has 0 aliphatic carbocycles. The van der Waals surface area contributed by atoms with Gasteiger partial charge >= 0.3 is 5.97 Å². The van der Waals surface area contributed by atoms with E-state index in [0.717, 1.165) is 22.9 Å². The summed E-state index contributed by atoms with van der Waals surface area (Å²) in [6.45, 7) is 3.37. The summed E-state index contributed by atoms with van der Waals surface area (Å²) < 4.78 is 5.17. The average molecular weight is 235 g/mol. The van der Waals surface area contributed by atoms with E-state index in [1.54, 1.807) is 0 Å². The van der Waals surface area contributed by atoms with Crippen LogP contribution in [0.3, 0.4) is 0 Å². The molecule has 0 saturated carbocycles. The highest BCUT2D eigenvalue weighted by Gasteiger charge is 2.14. The molecule has 0 amide bonds. The molecule has 0 spiro atoms. The maximum Gasteiger partial charge on any atom is 0.303 e. The van der Waals surface area contributed by atoms with E-state index < -0.39 is 0 Å². The van der Waals surface area contributed by atoms with Crippen molar-refractivity contribution in [3.63, 3.8) is 0 Å². The quantitative estimate of drug-likeness (QED) is 0.594. The van der Waals surface area contributed by atoms with Crippen molar-refractivity contribution in [3.8, 4) is 5.40 Å². The molecule has 84 valence electrons. The van der Waals surface area contributed by atoms with Gasteiger partial charge in [0.05, 0.1) is 0 Å². The second-order valence-electron chi connectivity index (χ2n) is 3.41. The Morgan fingerprint density at radius 3 is 2.62 bits per heavy atom. The zero-order valence-corrected chi connectivity index (χ0v) is 10.1. The fourth-order valence-corrected chi connectivity index (χ4v) is 1.78. The molecule has 4 heteroatoms. The van der Waals surface area contributed by atoms with Crippen LogP contribution >= 0.6 is 11.8 Å². The number of thioether (sulfide) groups is 1. The normalized spacial score (nSPS) is 11.6. The number of nitrogens with zero attached hydrogens (tertiary/aromatic N) is 1. The number of ether oxygens (including phenoxy) is 1. The molecule has 0 aliphatic rings. The number of rotatable bonds is 4. The number of thiocyanates is 1. The highest BCUT2D eigenvalue weighted by atomic mass is 32.2. The molecule has 1 aromatic rings. The summed E-state index contributed by atoms with van der Waals surface area (Å²) in [7, 11) is 0. The Balaban J connectivity index is 2.79. The van der Waals surface area contributed by atoms with Gasteiger partial charge in [-0.3, -0.25) is 4.79 Å². The summed E-state index contributed by atoms with van der Waals surface area (Å²) in [6, 6.07) is 7.76. The third-order valence-corrected chi connectivity index (χ3v) is 2.66. The minimum atomic E-state index is -0.345. The lowest BCUT2D eigenvalue weighted by atomic mass is 10.1. The molecule has 1 atom stereocenters. The van der Waals surface area contributed by atoms with Crippen LogP contribution in [0.25, 0.3) is 0 Å². The molecular weight excluding hydrogens is 222 g/mol. The Morgan fingerprint density at radius 1 is 1.50 bits per heavy atom. The van der Waals surface area contributed by atoms with Crippen molar-refractivity contribution >= 4 is 17.7 Å². The van der Waals surface area contributed by atoms with Crippen LogP contribution in [0.15, 0.2) is 24.3 Å². The number of hydrogen-bond acceptors (Lipinski definition) is 4. The molecule has 0 bridgehead atoms. The van der Waals surface area contributed by atoms with Crippen molar-refractivity contribution < 1.29 is 9.53 Å². The monoisotopic (exact) mass is 235 g/mol. The first-order valence-electron chi connectivity index (χ1n) is 4.88. The van der Waals surface area contributed by atoms with Crippen LogP contribution in [0.2, 0.25) is 0 Å². The summed E-state index contributed by atoms with van der Waals surface area (Å²) in [6.07, 6.45) is -0.345. The lowest BCUT2D eigenvalue weighted by Crippen LogP contribution is -2.10. The van der Waals surface area contributed by atoms with Gasteiger partial charge in [-0.05, 0) is 24.2 Å². The third kappa shape index (κ3) is 3.95. The molecule has 0 heterocycles. The second kappa shape index (κ2) is 6.19. The third-order valence-electron chi connectivity index (χ3n) is 2.06. The van der Waals surface area contributed by atoms with E-state index in [4.69, 9.17) is 10.00 Å². The summed E-state index contributed by atoms with van der Waals surface area (Å²) >= 11 is 1.09. The van der Waals surface area contributed by atoms with Crippen molar-refractivity contribution in [3.05, 3.63) is 35.4 Å². The first kappa shape index (κ1) is 12.6. The highest BCUT2D eigenvalue weighted by Crippen LogP contribution is 2.22. The van der Waals surface area contributed by atoms with Crippen molar-refractivity contribution in [2.24, 2.45) is 0 Å². The Morgan fingerprint density at radius 2 is 2.12 bits per heavy atom. The minimum Gasteiger partial charge on any atom is -0.457 e. The number of carbonyl (C=O) groups excluding carboxylic acids is 1. The average Bonchev–Trinajstić information content (AvgIpc) is 2.25. The minimum absolute atomic E-state index is 0.330. The molecule has 1 rings (SSSR count). The molecule has 0 radical (unpaired) electrons. The zero-order chi connectivity index (χ0) is 12.0. The molecule has 1 unspecified atom stereocenters. The molecule has 3 nitrogen and oxygen atoms in total. The van der Waals surface area contributed by atoms with Crippen LogP contribution in [-0.4, -0.2) is 11.7 Å². The van der Waals surface area contributed by atoms with Crippen molar-refractivity contribution in [2.45, 2.75) is 20.0 Å². The molecule has 0 fully saturated rings. The molecule has 16 heavy (non-hydrogen) atoms. The highest BCUT2D eigenvalue weighted by molar-refractivity contribution is 8.03. The molecule has 0 aromatic heterocycles. The summed E-state index contributed by atoms with van der Waals surface area (Å²) in [5, 5.41) is 10.5. The van der Waals surface area contributed by atoms with Crippen molar-refractivity contribution in [2.75, 3.05) is 5.75 Å². The largest absolute Gasteiger partial charge is 0.457 e. The number of benzene rings is 1. The zero-order valence-electron chi connectivity index (χ0n) is 9.27. The summed E-state index contributed by atoms with van der Waals surface area (Å²) in [4.78, 5) is 10.9. The van der Waals surface area contributed by atoms with E-state index in [0.29, 0.717) is 5.75 Å². The van der Waals surface area contributed by atoms with E-state index >= 15 is 0 Å². The Hall–Kier alpha value is -1.47. The van der Waals surface area contributed by atoms with Crippen LogP contribution < -0.4 is 0 Å². The van der Waals surface area contributed by atoms with E-state index in [1.165, 1.54) is 6.92 Å². The first-order valence-corrected chi connectivity index (χ1v) is 5.86. The van der Waals surface area contributed by atoms with Gasteiger partial charge < -0.3 is 4.74 Å². The molecule has 0 saturated heterocycles. The Kier molecular flexibility index (Phi) is 4.87. The Labute approximate surface area is 99.4 Å². The SMILES string of the molecule is CC(=O)OC(CSC#N)c1ccc(C)cc1. The van der Waals surface area contributed by atoms with E-state index in [2.05, 4.69) is 0 Å². The Bertz CT molecular complexity index is 394. The van der Waals surface area contributed by atoms with Crippen LogP contribution in [0.4, 0.5) is 0 Å². The number of carbonyl (C=O) groups is 1. The van der Waals surface area contributed by atoms with Gasteiger partial charge in [-0.2, -0.15) is 5.26 Å². The van der Waals surface area contributed by atoms with Gasteiger partial charge in [0.1, 0.15) is 11.5 Å². The summed E-state index contributed by atoms with van der Waals surface area (Å²) in [5.41, 5.74) is 2.07. The lowest BCUT2D eigenvalue weighted by molar-refractivity contribution is -0.145. The number of nitriles is 1. The standard InChI is InChI=1S/C12H13NO2S/c1-9-3-5-11(6-4-9)12(7-16-8-13)15-10(2)14/h3-6,12H,7H2,1-2H3. The van der Waals surface area contributed by atoms with Gasteiger partial charge in [0.2, 0.25) is 0 Å². The molecule has 0 N–H and O–H groups in total. The maximum atomic E-state index is 10.9.